The summed E-state index contributed by atoms with van der Waals surface area (Å²) in [7, 11) is 0. The molecule has 0 saturated heterocycles. The van der Waals surface area contributed by atoms with Gasteiger partial charge in [-0.25, -0.2) is 9.78 Å². The standard InChI is InChI=1S/C17H29N5O/c1-2-8-22(16(18)23)17-19-11-15-13-20(9-10-21(15)17)12-14-6-4-3-5-7-14/h11,14H,2-10,12-13H2,1H3,(H2,18,23). The smallest absolute Gasteiger partial charge is 0.321 e. The fourth-order valence-corrected chi connectivity index (χ4v) is 3.96. The molecule has 6 heteroatoms. The summed E-state index contributed by atoms with van der Waals surface area (Å²) in [6, 6.07) is -0.412. The number of rotatable bonds is 5. The highest BCUT2D eigenvalue weighted by Gasteiger charge is 2.26. The van der Waals surface area contributed by atoms with Crippen LogP contribution in [0.15, 0.2) is 6.20 Å². The first-order valence-corrected chi connectivity index (χ1v) is 9.02. The molecule has 1 aromatic heterocycles. The summed E-state index contributed by atoms with van der Waals surface area (Å²) < 4.78 is 2.16. The van der Waals surface area contributed by atoms with Gasteiger partial charge in [-0.05, 0) is 25.2 Å². The van der Waals surface area contributed by atoms with Gasteiger partial charge < -0.3 is 10.3 Å². The number of imidazole rings is 1. The van der Waals surface area contributed by atoms with Gasteiger partial charge in [-0.3, -0.25) is 9.80 Å². The van der Waals surface area contributed by atoms with Crippen LogP contribution in [0.4, 0.5) is 10.7 Å². The quantitative estimate of drug-likeness (QED) is 0.907. The Labute approximate surface area is 138 Å². The maximum atomic E-state index is 11.7. The van der Waals surface area contributed by atoms with E-state index in [1.807, 2.05) is 13.1 Å². The van der Waals surface area contributed by atoms with Crippen molar-refractivity contribution in [3.05, 3.63) is 11.9 Å². The van der Waals surface area contributed by atoms with Crippen molar-refractivity contribution in [3.8, 4) is 0 Å². The first-order valence-electron chi connectivity index (χ1n) is 9.02. The molecule has 1 aromatic rings. The van der Waals surface area contributed by atoms with Gasteiger partial charge in [0.05, 0.1) is 11.9 Å². The number of aromatic nitrogens is 2. The van der Waals surface area contributed by atoms with Gasteiger partial charge in [0.25, 0.3) is 0 Å². The molecule has 2 N–H and O–H groups in total. The Morgan fingerprint density at radius 1 is 1.35 bits per heavy atom. The molecule has 2 amide bonds. The van der Waals surface area contributed by atoms with Crippen molar-refractivity contribution in [3.63, 3.8) is 0 Å². The van der Waals surface area contributed by atoms with Crippen LogP contribution in [0.1, 0.15) is 51.1 Å². The van der Waals surface area contributed by atoms with Crippen molar-refractivity contribution in [2.24, 2.45) is 11.7 Å². The lowest BCUT2D eigenvalue weighted by Gasteiger charge is -2.33. The van der Waals surface area contributed by atoms with E-state index < -0.39 is 6.03 Å². The van der Waals surface area contributed by atoms with Crippen LogP contribution in [0.3, 0.4) is 0 Å². The van der Waals surface area contributed by atoms with Gasteiger partial charge in [-0.2, -0.15) is 0 Å². The van der Waals surface area contributed by atoms with Gasteiger partial charge in [-0.15, -0.1) is 0 Å². The zero-order valence-electron chi connectivity index (χ0n) is 14.2. The first-order chi connectivity index (χ1) is 11.2. The van der Waals surface area contributed by atoms with E-state index in [0.29, 0.717) is 12.5 Å². The number of hydrogen-bond donors (Lipinski definition) is 1. The SMILES string of the molecule is CCCN(C(N)=O)c1ncc2n1CCN(CC1CCCCC1)C2. The number of carbonyl (C=O) groups excluding carboxylic acids is 1. The van der Waals surface area contributed by atoms with Crippen LogP contribution < -0.4 is 10.6 Å². The van der Waals surface area contributed by atoms with Crippen molar-refractivity contribution >= 4 is 12.0 Å². The Bertz CT molecular complexity index is 535. The van der Waals surface area contributed by atoms with Crippen molar-refractivity contribution in [1.82, 2.24) is 14.5 Å². The third kappa shape index (κ3) is 3.68. The predicted octanol–water partition coefficient (Wildman–Crippen LogP) is 2.57. The number of amides is 2. The van der Waals surface area contributed by atoms with Crippen LogP contribution in [-0.4, -0.2) is 40.1 Å². The summed E-state index contributed by atoms with van der Waals surface area (Å²) in [5.74, 6) is 1.58. The summed E-state index contributed by atoms with van der Waals surface area (Å²) in [5, 5.41) is 0. The highest BCUT2D eigenvalue weighted by molar-refractivity contribution is 5.88. The molecular weight excluding hydrogens is 290 g/mol. The minimum absolute atomic E-state index is 0.412. The van der Waals surface area contributed by atoms with Crippen molar-refractivity contribution < 1.29 is 4.79 Å². The molecule has 0 radical (unpaired) electrons. The zero-order chi connectivity index (χ0) is 16.2. The normalized spacial score (nSPS) is 19.5. The van der Waals surface area contributed by atoms with Gasteiger partial charge in [0.2, 0.25) is 5.95 Å². The Morgan fingerprint density at radius 2 is 2.13 bits per heavy atom. The number of nitrogens with two attached hydrogens (primary N) is 1. The third-order valence-corrected chi connectivity index (χ3v) is 5.14. The van der Waals surface area contributed by atoms with Gasteiger partial charge in [-0.1, -0.05) is 26.2 Å². The molecule has 1 saturated carbocycles. The number of nitrogens with zero attached hydrogens (tertiary/aromatic N) is 4. The highest BCUT2D eigenvalue weighted by atomic mass is 16.2. The Morgan fingerprint density at radius 3 is 2.83 bits per heavy atom. The summed E-state index contributed by atoms with van der Waals surface area (Å²) in [6.07, 6.45) is 9.75. The van der Waals surface area contributed by atoms with Crippen LogP contribution in [0.2, 0.25) is 0 Å². The Kier molecular flexibility index (Phi) is 5.20. The molecule has 0 unspecified atom stereocenters. The molecule has 3 rings (SSSR count). The van der Waals surface area contributed by atoms with Gasteiger partial charge in [0.1, 0.15) is 0 Å². The van der Waals surface area contributed by atoms with E-state index in [1.165, 1.54) is 44.3 Å². The molecule has 2 aliphatic rings. The third-order valence-electron chi connectivity index (χ3n) is 5.14. The topological polar surface area (TPSA) is 67.4 Å². The molecule has 0 aromatic carbocycles. The van der Waals surface area contributed by atoms with E-state index in [1.54, 1.807) is 4.90 Å². The predicted molar refractivity (Wildman–Crippen MR) is 91.3 cm³/mol. The lowest BCUT2D eigenvalue weighted by Crippen LogP contribution is -2.41. The zero-order valence-corrected chi connectivity index (χ0v) is 14.2. The van der Waals surface area contributed by atoms with Crippen LogP contribution in [0, 0.1) is 5.92 Å². The van der Waals surface area contributed by atoms with Gasteiger partial charge >= 0.3 is 6.03 Å². The summed E-state index contributed by atoms with van der Waals surface area (Å²) in [4.78, 5) is 20.3. The second kappa shape index (κ2) is 7.34. The molecule has 0 bridgehead atoms. The summed E-state index contributed by atoms with van der Waals surface area (Å²) >= 11 is 0. The van der Waals surface area contributed by atoms with Crippen LogP contribution in [0.5, 0.6) is 0 Å². The molecule has 6 nitrogen and oxygen atoms in total. The number of hydrogen-bond acceptors (Lipinski definition) is 3. The molecule has 2 heterocycles. The summed E-state index contributed by atoms with van der Waals surface area (Å²) in [5.41, 5.74) is 6.72. The molecule has 1 fully saturated rings. The molecule has 0 atom stereocenters. The monoisotopic (exact) mass is 319 g/mol. The van der Waals surface area contributed by atoms with E-state index in [4.69, 9.17) is 5.73 Å². The average Bonchev–Trinajstić information content (AvgIpc) is 2.96. The lowest BCUT2D eigenvalue weighted by molar-refractivity contribution is 0.168. The van der Waals surface area contributed by atoms with E-state index in [2.05, 4.69) is 14.5 Å². The molecular formula is C17H29N5O. The number of primary amides is 1. The molecule has 0 spiro atoms. The lowest BCUT2D eigenvalue weighted by atomic mass is 9.89. The minimum Gasteiger partial charge on any atom is -0.351 e. The fourth-order valence-electron chi connectivity index (χ4n) is 3.96. The second-order valence-corrected chi connectivity index (χ2v) is 6.93. The van der Waals surface area contributed by atoms with Crippen LogP contribution >= 0.6 is 0 Å². The highest BCUT2D eigenvalue weighted by Crippen LogP contribution is 2.27. The molecule has 23 heavy (non-hydrogen) atoms. The number of anilines is 1. The second-order valence-electron chi connectivity index (χ2n) is 6.93. The van der Waals surface area contributed by atoms with Crippen LogP contribution in [0.25, 0.3) is 0 Å². The maximum Gasteiger partial charge on any atom is 0.321 e. The number of fused-ring (bicyclic) bond motifs is 1. The Hall–Kier alpha value is -1.56. The average molecular weight is 319 g/mol. The van der Waals surface area contributed by atoms with Crippen molar-refractivity contribution in [2.75, 3.05) is 24.5 Å². The molecule has 1 aliphatic carbocycles. The molecule has 128 valence electrons. The number of urea groups is 1. The van der Waals surface area contributed by atoms with Crippen molar-refractivity contribution in [2.45, 2.75) is 58.5 Å². The maximum absolute atomic E-state index is 11.7. The van der Waals surface area contributed by atoms with E-state index in [9.17, 15) is 4.79 Å². The van der Waals surface area contributed by atoms with Gasteiger partial charge in [0.15, 0.2) is 0 Å². The number of carbonyl (C=O) groups is 1. The van der Waals surface area contributed by atoms with E-state index >= 15 is 0 Å². The fraction of sp³-hybridized carbons (Fsp3) is 0.765. The van der Waals surface area contributed by atoms with E-state index in [-0.39, 0.29) is 0 Å². The summed E-state index contributed by atoms with van der Waals surface area (Å²) in [6.45, 7) is 6.73. The minimum atomic E-state index is -0.412. The Balaban J connectivity index is 1.66. The first kappa shape index (κ1) is 16.3. The molecule has 1 aliphatic heterocycles. The van der Waals surface area contributed by atoms with Crippen molar-refractivity contribution in [1.29, 1.82) is 0 Å². The van der Waals surface area contributed by atoms with E-state index in [0.717, 1.165) is 32.0 Å². The van der Waals surface area contributed by atoms with Crippen LogP contribution in [-0.2, 0) is 13.1 Å². The largest absolute Gasteiger partial charge is 0.351 e. The van der Waals surface area contributed by atoms with Gasteiger partial charge in [0, 0.05) is 32.7 Å².